The molecule has 0 unspecified atom stereocenters. The van der Waals surface area contributed by atoms with Crippen molar-refractivity contribution in [3.8, 4) is 0 Å². The summed E-state index contributed by atoms with van der Waals surface area (Å²) in [5.74, 6) is -0.299. The van der Waals surface area contributed by atoms with E-state index in [4.69, 9.17) is 11.6 Å². The van der Waals surface area contributed by atoms with E-state index in [1.54, 1.807) is 18.2 Å². The lowest BCUT2D eigenvalue weighted by Crippen LogP contribution is -2.40. The standard InChI is InChI=1S/C21H24ClN3O4S/c1-30(28,29)25(19-9-4-8-18(22)12-19)15-20(26)23-13-16-6-2-3-7-17(16)14-24-11-5-10-21(24)27/h2-4,6-9,12H,5,10-11,13-15H2,1H3,(H,23,26). The molecule has 0 aliphatic carbocycles. The Kier molecular flexibility index (Phi) is 6.99. The fraction of sp³-hybridized carbons (Fsp3) is 0.333. The molecule has 1 aliphatic rings. The average Bonchev–Trinajstić information content (AvgIpc) is 3.09. The number of hydrogen-bond acceptors (Lipinski definition) is 4. The molecular weight excluding hydrogens is 426 g/mol. The van der Waals surface area contributed by atoms with Gasteiger partial charge in [-0.15, -0.1) is 0 Å². The molecule has 3 rings (SSSR count). The predicted molar refractivity (Wildman–Crippen MR) is 117 cm³/mol. The van der Waals surface area contributed by atoms with Gasteiger partial charge in [-0.25, -0.2) is 8.42 Å². The summed E-state index contributed by atoms with van der Waals surface area (Å²) in [6.45, 7) is 1.13. The number of nitrogens with one attached hydrogen (secondary N) is 1. The molecule has 1 fully saturated rings. The van der Waals surface area contributed by atoms with Crippen LogP contribution in [0, 0.1) is 0 Å². The monoisotopic (exact) mass is 449 g/mol. The van der Waals surface area contributed by atoms with Crippen molar-refractivity contribution in [2.45, 2.75) is 25.9 Å². The molecule has 0 spiro atoms. The van der Waals surface area contributed by atoms with E-state index in [1.165, 1.54) is 6.07 Å². The zero-order valence-corrected chi connectivity index (χ0v) is 18.2. The molecule has 0 atom stereocenters. The van der Waals surface area contributed by atoms with Crippen molar-refractivity contribution >= 4 is 39.1 Å². The number of anilines is 1. The largest absolute Gasteiger partial charge is 0.350 e. The smallest absolute Gasteiger partial charge is 0.241 e. The molecule has 0 radical (unpaired) electrons. The van der Waals surface area contributed by atoms with Gasteiger partial charge in [0.2, 0.25) is 21.8 Å². The van der Waals surface area contributed by atoms with Gasteiger partial charge in [0.25, 0.3) is 0 Å². The molecule has 1 aliphatic heterocycles. The Morgan fingerprint density at radius 1 is 1.17 bits per heavy atom. The maximum absolute atomic E-state index is 12.5. The van der Waals surface area contributed by atoms with Crippen LogP contribution in [0.1, 0.15) is 24.0 Å². The number of carbonyl (C=O) groups is 2. The third kappa shape index (κ3) is 5.73. The van der Waals surface area contributed by atoms with E-state index in [-0.39, 0.29) is 19.0 Å². The Bertz CT molecular complexity index is 1040. The average molecular weight is 450 g/mol. The molecule has 30 heavy (non-hydrogen) atoms. The number of carbonyl (C=O) groups excluding carboxylic acids is 2. The van der Waals surface area contributed by atoms with Crippen LogP contribution in [0.3, 0.4) is 0 Å². The lowest BCUT2D eigenvalue weighted by Gasteiger charge is -2.22. The topological polar surface area (TPSA) is 86.8 Å². The second-order valence-electron chi connectivity index (χ2n) is 7.21. The van der Waals surface area contributed by atoms with Crippen molar-refractivity contribution in [1.29, 1.82) is 0 Å². The molecule has 1 N–H and O–H groups in total. The maximum Gasteiger partial charge on any atom is 0.241 e. The molecular formula is C21H24ClN3O4S. The lowest BCUT2D eigenvalue weighted by atomic mass is 10.1. The van der Waals surface area contributed by atoms with Crippen molar-refractivity contribution < 1.29 is 18.0 Å². The summed E-state index contributed by atoms with van der Waals surface area (Å²) in [4.78, 5) is 26.2. The van der Waals surface area contributed by atoms with E-state index in [0.717, 1.165) is 34.7 Å². The Morgan fingerprint density at radius 2 is 1.90 bits per heavy atom. The molecule has 2 aromatic carbocycles. The van der Waals surface area contributed by atoms with Crippen LogP contribution < -0.4 is 9.62 Å². The minimum Gasteiger partial charge on any atom is -0.350 e. The highest BCUT2D eigenvalue weighted by atomic mass is 35.5. The van der Waals surface area contributed by atoms with Crippen LogP contribution >= 0.6 is 11.6 Å². The Morgan fingerprint density at radius 3 is 2.53 bits per heavy atom. The van der Waals surface area contributed by atoms with Crippen LogP contribution in [-0.4, -0.2) is 44.5 Å². The quantitative estimate of drug-likeness (QED) is 0.671. The Hall–Kier alpha value is -2.58. The predicted octanol–water partition coefficient (Wildman–Crippen LogP) is 2.54. The van der Waals surface area contributed by atoms with Crippen molar-refractivity contribution in [3.05, 3.63) is 64.7 Å². The first kappa shape index (κ1) is 22.1. The summed E-state index contributed by atoms with van der Waals surface area (Å²) in [6, 6.07) is 13.9. The van der Waals surface area contributed by atoms with Crippen molar-refractivity contribution in [1.82, 2.24) is 10.2 Å². The fourth-order valence-corrected chi connectivity index (χ4v) is 4.41. The van der Waals surface area contributed by atoms with E-state index < -0.39 is 15.9 Å². The third-order valence-corrected chi connectivity index (χ3v) is 6.29. The maximum atomic E-state index is 12.5. The summed E-state index contributed by atoms with van der Waals surface area (Å²) >= 11 is 5.96. The van der Waals surface area contributed by atoms with E-state index in [2.05, 4.69) is 5.32 Å². The molecule has 2 amide bonds. The van der Waals surface area contributed by atoms with Gasteiger partial charge >= 0.3 is 0 Å². The second kappa shape index (κ2) is 9.49. The van der Waals surface area contributed by atoms with Crippen molar-refractivity contribution in [2.24, 2.45) is 0 Å². The molecule has 0 saturated carbocycles. The highest BCUT2D eigenvalue weighted by molar-refractivity contribution is 7.92. The Balaban J connectivity index is 1.67. The van der Waals surface area contributed by atoms with Gasteiger partial charge in [-0.2, -0.15) is 0 Å². The molecule has 9 heteroatoms. The first-order valence-corrected chi connectivity index (χ1v) is 11.8. The van der Waals surface area contributed by atoms with Crippen LogP contribution in [0.5, 0.6) is 0 Å². The summed E-state index contributed by atoms with van der Waals surface area (Å²) in [5.41, 5.74) is 2.18. The van der Waals surface area contributed by atoms with Crippen LogP contribution in [0.25, 0.3) is 0 Å². The van der Waals surface area contributed by atoms with Gasteiger partial charge in [0.05, 0.1) is 11.9 Å². The summed E-state index contributed by atoms with van der Waals surface area (Å²) in [6.07, 6.45) is 2.48. The number of sulfonamides is 1. The van der Waals surface area contributed by atoms with Gasteiger partial charge in [-0.1, -0.05) is 41.9 Å². The summed E-state index contributed by atoms with van der Waals surface area (Å²) in [5, 5.41) is 3.16. The number of hydrogen-bond donors (Lipinski definition) is 1. The van der Waals surface area contributed by atoms with Crippen molar-refractivity contribution in [3.63, 3.8) is 0 Å². The van der Waals surface area contributed by atoms with Gasteiger partial charge in [-0.3, -0.25) is 13.9 Å². The molecule has 1 heterocycles. The molecule has 1 saturated heterocycles. The second-order valence-corrected chi connectivity index (χ2v) is 9.56. The molecule has 2 aromatic rings. The summed E-state index contributed by atoms with van der Waals surface area (Å²) in [7, 11) is -3.67. The van der Waals surface area contributed by atoms with Gasteiger partial charge in [0, 0.05) is 31.1 Å². The van der Waals surface area contributed by atoms with E-state index in [1.807, 2.05) is 29.2 Å². The van der Waals surface area contributed by atoms with Crippen molar-refractivity contribution in [2.75, 3.05) is 23.7 Å². The number of nitrogens with zero attached hydrogens (tertiary/aromatic N) is 2. The fourth-order valence-electron chi connectivity index (χ4n) is 3.37. The van der Waals surface area contributed by atoms with Gasteiger partial charge < -0.3 is 10.2 Å². The van der Waals surface area contributed by atoms with Crippen LogP contribution in [0.2, 0.25) is 5.02 Å². The third-order valence-electron chi connectivity index (χ3n) is 4.91. The number of amides is 2. The minimum atomic E-state index is -3.67. The first-order chi connectivity index (χ1) is 14.2. The molecule has 160 valence electrons. The van der Waals surface area contributed by atoms with E-state index in [9.17, 15) is 18.0 Å². The highest BCUT2D eigenvalue weighted by Gasteiger charge is 2.22. The zero-order valence-electron chi connectivity index (χ0n) is 16.7. The first-order valence-electron chi connectivity index (χ1n) is 9.58. The van der Waals surface area contributed by atoms with Gasteiger partial charge in [-0.05, 0) is 35.7 Å². The van der Waals surface area contributed by atoms with Crippen LogP contribution in [-0.2, 0) is 32.7 Å². The normalized spacial score (nSPS) is 14.1. The summed E-state index contributed by atoms with van der Waals surface area (Å²) < 4.78 is 25.4. The highest BCUT2D eigenvalue weighted by Crippen LogP contribution is 2.22. The van der Waals surface area contributed by atoms with Gasteiger partial charge in [0.1, 0.15) is 6.54 Å². The number of halogens is 1. The number of rotatable bonds is 8. The molecule has 0 bridgehead atoms. The zero-order chi connectivity index (χ0) is 21.7. The Labute approximate surface area is 181 Å². The molecule has 0 aromatic heterocycles. The molecule has 7 nitrogen and oxygen atoms in total. The SMILES string of the molecule is CS(=O)(=O)N(CC(=O)NCc1ccccc1CN1CCCC1=O)c1cccc(Cl)c1. The van der Waals surface area contributed by atoms with E-state index >= 15 is 0 Å². The lowest BCUT2D eigenvalue weighted by molar-refractivity contribution is -0.128. The van der Waals surface area contributed by atoms with Gasteiger partial charge in [0.15, 0.2) is 0 Å². The number of benzene rings is 2. The van der Waals surface area contributed by atoms with E-state index in [0.29, 0.717) is 23.7 Å². The minimum absolute atomic E-state index is 0.138. The van der Waals surface area contributed by atoms with Crippen LogP contribution in [0.4, 0.5) is 5.69 Å². The number of likely N-dealkylation sites (tertiary alicyclic amines) is 1. The van der Waals surface area contributed by atoms with Crippen LogP contribution in [0.15, 0.2) is 48.5 Å².